The first-order valence-corrected chi connectivity index (χ1v) is 10.7. The lowest BCUT2D eigenvalue weighted by Crippen LogP contribution is -2.13. The molecule has 0 aliphatic heterocycles. The second-order valence-electron chi connectivity index (χ2n) is 8.12. The van der Waals surface area contributed by atoms with Crippen LogP contribution in [0, 0.1) is 5.82 Å². The molecule has 0 spiro atoms. The third-order valence-electron chi connectivity index (χ3n) is 4.49. The SMILES string of the molecule is C=C(C)C(=O)Oc1ccc(-c2cc(OC(=O)C(=C)C)c(OC(=O)C(=C)C)cc2F)cc1OC(=O)C(=C)C. The van der Waals surface area contributed by atoms with Gasteiger partial charge in [0.2, 0.25) is 0 Å². The summed E-state index contributed by atoms with van der Waals surface area (Å²) in [5, 5.41) is 0. The van der Waals surface area contributed by atoms with Crippen LogP contribution in [0.5, 0.6) is 23.0 Å². The fourth-order valence-corrected chi connectivity index (χ4v) is 2.50. The number of hydrogen-bond donors (Lipinski definition) is 0. The summed E-state index contributed by atoms with van der Waals surface area (Å²) in [6.07, 6.45) is 0. The molecule has 0 unspecified atom stereocenters. The van der Waals surface area contributed by atoms with Crippen LogP contribution in [0.2, 0.25) is 0 Å². The van der Waals surface area contributed by atoms with Crippen LogP contribution < -0.4 is 18.9 Å². The van der Waals surface area contributed by atoms with Crippen LogP contribution in [0.4, 0.5) is 4.39 Å². The van der Waals surface area contributed by atoms with E-state index in [0.29, 0.717) is 0 Å². The molecule has 8 nitrogen and oxygen atoms in total. The molecule has 0 aromatic heterocycles. The Labute approximate surface area is 213 Å². The van der Waals surface area contributed by atoms with Gasteiger partial charge in [0.15, 0.2) is 23.0 Å². The second kappa shape index (κ2) is 11.8. The Morgan fingerprint density at radius 2 is 0.919 bits per heavy atom. The minimum Gasteiger partial charge on any atom is -0.419 e. The van der Waals surface area contributed by atoms with Gasteiger partial charge in [-0.15, -0.1) is 0 Å². The zero-order valence-electron chi connectivity index (χ0n) is 20.9. The molecule has 192 valence electrons. The van der Waals surface area contributed by atoms with E-state index in [0.717, 1.165) is 12.1 Å². The number of halogens is 1. The number of rotatable bonds is 9. The van der Waals surface area contributed by atoms with Gasteiger partial charge in [0, 0.05) is 33.9 Å². The number of esters is 4. The van der Waals surface area contributed by atoms with Gasteiger partial charge in [-0.05, 0) is 51.5 Å². The van der Waals surface area contributed by atoms with Crippen molar-refractivity contribution in [1.29, 1.82) is 0 Å². The van der Waals surface area contributed by atoms with Gasteiger partial charge in [0.05, 0.1) is 0 Å². The van der Waals surface area contributed by atoms with E-state index in [1.165, 1.54) is 45.9 Å². The molecule has 0 N–H and O–H groups in total. The Balaban J connectivity index is 2.67. The van der Waals surface area contributed by atoms with E-state index in [1.54, 1.807) is 0 Å². The Morgan fingerprint density at radius 3 is 1.32 bits per heavy atom. The van der Waals surface area contributed by atoms with Crippen molar-refractivity contribution in [2.24, 2.45) is 0 Å². The normalized spacial score (nSPS) is 10.1. The lowest BCUT2D eigenvalue weighted by molar-refractivity contribution is -0.132. The molecule has 0 aliphatic carbocycles. The van der Waals surface area contributed by atoms with Crippen molar-refractivity contribution >= 4 is 23.9 Å². The van der Waals surface area contributed by atoms with E-state index in [4.69, 9.17) is 18.9 Å². The number of ether oxygens (including phenoxy) is 4. The predicted octanol–water partition coefficient (Wildman–Crippen LogP) is 5.42. The summed E-state index contributed by atoms with van der Waals surface area (Å²) in [6.45, 7) is 19.6. The van der Waals surface area contributed by atoms with E-state index in [-0.39, 0.29) is 56.4 Å². The maximum Gasteiger partial charge on any atom is 0.338 e. The topological polar surface area (TPSA) is 105 Å². The first-order valence-electron chi connectivity index (χ1n) is 10.7. The van der Waals surface area contributed by atoms with Gasteiger partial charge < -0.3 is 18.9 Å². The molecular weight excluding hydrogens is 483 g/mol. The molecule has 0 radical (unpaired) electrons. The standard InChI is InChI=1S/C28H25FO8/c1-14(2)25(30)34-21-10-9-18(11-22(21)35-26(31)15(3)4)19-12-23(36-27(32)16(5)6)24(13-20(19)29)37-28(33)17(7)8/h9-13H,1,3,5,7H2,2,4,6,8H3. The third kappa shape index (κ3) is 7.35. The maximum absolute atomic E-state index is 15.2. The molecule has 2 aromatic rings. The van der Waals surface area contributed by atoms with Crippen LogP contribution in [0.25, 0.3) is 11.1 Å². The molecule has 2 aromatic carbocycles. The molecule has 0 saturated heterocycles. The molecule has 0 bridgehead atoms. The average Bonchev–Trinajstić information content (AvgIpc) is 2.81. The quantitative estimate of drug-likeness (QED) is 0.251. The van der Waals surface area contributed by atoms with E-state index < -0.39 is 29.7 Å². The van der Waals surface area contributed by atoms with Gasteiger partial charge in [0.1, 0.15) is 5.82 Å². The van der Waals surface area contributed by atoms with Crippen LogP contribution in [-0.2, 0) is 19.2 Å². The van der Waals surface area contributed by atoms with Crippen LogP contribution in [-0.4, -0.2) is 23.9 Å². The molecule has 9 heteroatoms. The van der Waals surface area contributed by atoms with Gasteiger partial charge in [-0.2, -0.15) is 0 Å². The summed E-state index contributed by atoms with van der Waals surface area (Å²) in [5.41, 5.74) is 0.251. The number of hydrogen-bond acceptors (Lipinski definition) is 8. The number of benzene rings is 2. The highest BCUT2D eigenvalue weighted by Gasteiger charge is 2.22. The van der Waals surface area contributed by atoms with E-state index in [1.807, 2.05) is 0 Å². The first-order chi connectivity index (χ1) is 17.2. The van der Waals surface area contributed by atoms with Crippen molar-refractivity contribution in [1.82, 2.24) is 0 Å². The van der Waals surface area contributed by atoms with Crippen LogP contribution in [0.3, 0.4) is 0 Å². The molecule has 0 saturated carbocycles. The van der Waals surface area contributed by atoms with Gasteiger partial charge in [-0.1, -0.05) is 32.4 Å². The van der Waals surface area contributed by atoms with Gasteiger partial charge in [-0.25, -0.2) is 23.6 Å². The highest BCUT2D eigenvalue weighted by atomic mass is 19.1. The Kier molecular flexibility index (Phi) is 9.04. The van der Waals surface area contributed by atoms with E-state index >= 15 is 4.39 Å². The summed E-state index contributed by atoms with van der Waals surface area (Å²) in [7, 11) is 0. The lowest BCUT2D eigenvalue weighted by atomic mass is 10.0. The van der Waals surface area contributed by atoms with Gasteiger partial charge >= 0.3 is 23.9 Å². The monoisotopic (exact) mass is 508 g/mol. The third-order valence-corrected chi connectivity index (χ3v) is 4.49. The van der Waals surface area contributed by atoms with Crippen LogP contribution in [0.1, 0.15) is 27.7 Å². The molecule has 37 heavy (non-hydrogen) atoms. The molecule has 0 amide bonds. The summed E-state index contributed by atoms with van der Waals surface area (Å²) in [4.78, 5) is 48.4. The van der Waals surface area contributed by atoms with Crippen molar-refractivity contribution in [2.45, 2.75) is 27.7 Å². The summed E-state index contributed by atoms with van der Waals surface area (Å²) >= 11 is 0. The zero-order chi connectivity index (χ0) is 28.0. The van der Waals surface area contributed by atoms with Crippen LogP contribution in [0.15, 0.2) is 78.9 Å². The molecule has 0 atom stereocenters. The smallest absolute Gasteiger partial charge is 0.338 e. The van der Waals surface area contributed by atoms with Crippen molar-refractivity contribution in [3.05, 3.63) is 84.8 Å². The number of carbonyl (C=O) groups excluding carboxylic acids is 4. The second-order valence-corrected chi connectivity index (χ2v) is 8.12. The predicted molar refractivity (Wildman–Crippen MR) is 134 cm³/mol. The van der Waals surface area contributed by atoms with Crippen molar-refractivity contribution in [2.75, 3.05) is 0 Å². The summed E-state index contributed by atoms with van der Waals surface area (Å²) in [5.74, 6) is -5.16. The lowest BCUT2D eigenvalue weighted by Gasteiger charge is -2.15. The molecule has 2 rings (SSSR count). The van der Waals surface area contributed by atoms with Gasteiger partial charge in [0.25, 0.3) is 0 Å². The molecule has 0 fully saturated rings. The molecule has 0 heterocycles. The largest absolute Gasteiger partial charge is 0.419 e. The minimum atomic E-state index is -0.872. The Morgan fingerprint density at radius 1 is 0.568 bits per heavy atom. The average molecular weight is 508 g/mol. The number of carbonyl (C=O) groups is 4. The minimum absolute atomic E-state index is 0.0329. The Bertz CT molecular complexity index is 1370. The van der Waals surface area contributed by atoms with Crippen molar-refractivity contribution in [3.63, 3.8) is 0 Å². The highest BCUT2D eigenvalue weighted by Crippen LogP contribution is 2.39. The maximum atomic E-state index is 15.2. The van der Waals surface area contributed by atoms with E-state index in [2.05, 4.69) is 26.3 Å². The first kappa shape index (κ1) is 28.4. The Hall–Kier alpha value is -4.79. The van der Waals surface area contributed by atoms with Gasteiger partial charge in [-0.3, -0.25) is 0 Å². The van der Waals surface area contributed by atoms with Crippen molar-refractivity contribution in [3.8, 4) is 34.1 Å². The van der Waals surface area contributed by atoms with E-state index in [9.17, 15) is 19.2 Å². The zero-order valence-corrected chi connectivity index (χ0v) is 20.9. The van der Waals surface area contributed by atoms with Crippen molar-refractivity contribution < 1.29 is 42.5 Å². The van der Waals surface area contributed by atoms with Crippen LogP contribution >= 0.6 is 0 Å². The fraction of sp³-hybridized carbons (Fsp3) is 0.143. The highest BCUT2D eigenvalue weighted by molar-refractivity contribution is 5.93. The molecule has 0 aliphatic rings. The summed E-state index contributed by atoms with van der Waals surface area (Å²) < 4.78 is 36.1. The molecular formula is C28H25FO8. The fourth-order valence-electron chi connectivity index (χ4n) is 2.50. The summed E-state index contributed by atoms with van der Waals surface area (Å²) in [6, 6.07) is 5.87.